The molecular weight excluding hydrogens is 265 g/mol. The van der Waals surface area contributed by atoms with Gasteiger partial charge in [-0.05, 0) is 43.3 Å². The molecule has 0 spiro atoms. The zero-order valence-corrected chi connectivity index (χ0v) is 11.6. The number of ether oxygens (including phenoxy) is 1. The first-order valence-electron chi connectivity index (χ1n) is 5.98. The topological polar surface area (TPSA) is 21.3 Å². The molecule has 2 nitrogen and oxygen atoms in total. The smallest absolute Gasteiger partial charge is 0.184 e. The maximum atomic E-state index is 13.8. The van der Waals surface area contributed by atoms with Crippen LogP contribution in [-0.2, 0) is 6.54 Å². The minimum absolute atomic E-state index is 0.0574. The number of halogens is 2. The molecule has 19 heavy (non-hydrogen) atoms. The summed E-state index contributed by atoms with van der Waals surface area (Å²) in [6.45, 7) is 2.71. The molecule has 0 radical (unpaired) electrons. The summed E-state index contributed by atoms with van der Waals surface area (Å²) in [5.41, 5.74) is 2.10. The summed E-state index contributed by atoms with van der Waals surface area (Å²) >= 11 is 5.72. The lowest BCUT2D eigenvalue weighted by Crippen LogP contribution is -2.05. The summed E-state index contributed by atoms with van der Waals surface area (Å²) in [6.07, 6.45) is 0. The van der Waals surface area contributed by atoms with Crippen molar-refractivity contribution in [1.29, 1.82) is 0 Å². The van der Waals surface area contributed by atoms with Crippen LogP contribution in [0, 0.1) is 12.7 Å². The first-order valence-corrected chi connectivity index (χ1v) is 6.35. The highest BCUT2D eigenvalue weighted by molar-refractivity contribution is 6.30. The number of hydrogen-bond donors (Lipinski definition) is 1. The highest BCUT2D eigenvalue weighted by Crippen LogP contribution is 2.30. The van der Waals surface area contributed by atoms with Crippen molar-refractivity contribution >= 4 is 11.6 Å². The van der Waals surface area contributed by atoms with E-state index >= 15 is 0 Å². The summed E-state index contributed by atoms with van der Waals surface area (Å²) in [6, 6.07) is 10.5. The van der Waals surface area contributed by atoms with E-state index in [0.29, 0.717) is 5.75 Å². The standard InChI is InChI=1S/C15H15ClFNO/c1-10-8-11(9-18-2)6-7-13(10)19-14-5-3-4-12(16)15(14)17/h3-8,18H,9H2,1-2H3. The van der Waals surface area contributed by atoms with Crippen LogP contribution in [0.4, 0.5) is 4.39 Å². The Balaban J connectivity index is 2.26. The van der Waals surface area contributed by atoms with Gasteiger partial charge >= 0.3 is 0 Å². The van der Waals surface area contributed by atoms with Crippen LogP contribution in [-0.4, -0.2) is 7.05 Å². The maximum absolute atomic E-state index is 13.8. The third-order valence-electron chi connectivity index (χ3n) is 2.76. The molecule has 0 aliphatic rings. The minimum Gasteiger partial charge on any atom is -0.454 e. The van der Waals surface area contributed by atoms with Crippen LogP contribution in [0.3, 0.4) is 0 Å². The van der Waals surface area contributed by atoms with Crippen LogP contribution in [0.25, 0.3) is 0 Å². The molecule has 0 fully saturated rings. The van der Waals surface area contributed by atoms with Gasteiger partial charge in [-0.3, -0.25) is 0 Å². The SMILES string of the molecule is CNCc1ccc(Oc2cccc(Cl)c2F)c(C)c1. The van der Waals surface area contributed by atoms with Crippen LogP contribution in [0.2, 0.25) is 5.02 Å². The van der Waals surface area contributed by atoms with Crippen LogP contribution >= 0.6 is 11.6 Å². The van der Waals surface area contributed by atoms with Gasteiger partial charge in [-0.1, -0.05) is 29.8 Å². The monoisotopic (exact) mass is 279 g/mol. The zero-order valence-electron chi connectivity index (χ0n) is 10.8. The molecule has 0 bridgehead atoms. The fourth-order valence-electron chi connectivity index (χ4n) is 1.82. The third-order valence-corrected chi connectivity index (χ3v) is 3.05. The number of rotatable bonds is 4. The van der Waals surface area contributed by atoms with Gasteiger partial charge in [0.2, 0.25) is 0 Å². The lowest BCUT2D eigenvalue weighted by Gasteiger charge is -2.11. The molecule has 2 rings (SSSR count). The van der Waals surface area contributed by atoms with Crippen molar-refractivity contribution in [3.8, 4) is 11.5 Å². The summed E-state index contributed by atoms with van der Waals surface area (Å²) in [5.74, 6) is 0.223. The molecule has 2 aromatic carbocycles. The second-order valence-electron chi connectivity index (χ2n) is 4.28. The van der Waals surface area contributed by atoms with Gasteiger partial charge in [-0.25, -0.2) is 4.39 Å². The third kappa shape index (κ3) is 3.25. The zero-order chi connectivity index (χ0) is 13.8. The van der Waals surface area contributed by atoms with Crippen molar-refractivity contribution in [3.05, 3.63) is 58.4 Å². The van der Waals surface area contributed by atoms with Crippen molar-refractivity contribution in [1.82, 2.24) is 5.32 Å². The average molecular weight is 280 g/mol. The first kappa shape index (κ1) is 13.8. The van der Waals surface area contributed by atoms with Crippen LogP contribution in [0.5, 0.6) is 11.5 Å². The molecule has 0 aromatic heterocycles. The second-order valence-corrected chi connectivity index (χ2v) is 4.69. The fraction of sp³-hybridized carbons (Fsp3) is 0.200. The van der Waals surface area contributed by atoms with E-state index in [4.69, 9.17) is 16.3 Å². The van der Waals surface area contributed by atoms with E-state index in [-0.39, 0.29) is 10.8 Å². The summed E-state index contributed by atoms with van der Waals surface area (Å²) in [5, 5.41) is 3.14. The van der Waals surface area contributed by atoms with Crippen molar-refractivity contribution in [2.24, 2.45) is 0 Å². The molecule has 0 unspecified atom stereocenters. The lowest BCUT2D eigenvalue weighted by molar-refractivity contribution is 0.439. The van der Waals surface area contributed by atoms with E-state index in [2.05, 4.69) is 5.32 Å². The molecule has 0 saturated carbocycles. The van der Waals surface area contributed by atoms with Crippen molar-refractivity contribution in [3.63, 3.8) is 0 Å². The number of aryl methyl sites for hydroxylation is 1. The fourth-order valence-corrected chi connectivity index (χ4v) is 1.99. The summed E-state index contributed by atoms with van der Waals surface area (Å²) in [4.78, 5) is 0. The predicted molar refractivity (Wildman–Crippen MR) is 75.4 cm³/mol. The van der Waals surface area contributed by atoms with Gasteiger partial charge < -0.3 is 10.1 Å². The van der Waals surface area contributed by atoms with Crippen molar-refractivity contribution in [2.45, 2.75) is 13.5 Å². The van der Waals surface area contributed by atoms with E-state index in [1.54, 1.807) is 12.1 Å². The van der Waals surface area contributed by atoms with Gasteiger partial charge in [0.25, 0.3) is 0 Å². The van der Waals surface area contributed by atoms with E-state index < -0.39 is 5.82 Å². The van der Waals surface area contributed by atoms with Crippen LogP contribution < -0.4 is 10.1 Å². The number of hydrogen-bond acceptors (Lipinski definition) is 2. The van der Waals surface area contributed by atoms with Crippen molar-refractivity contribution in [2.75, 3.05) is 7.05 Å². The van der Waals surface area contributed by atoms with Crippen LogP contribution in [0.1, 0.15) is 11.1 Å². The second kappa shape index (κ2) is 6.04. The molecule has 2 aromatic rings. The maximum Gasteiger partial charge on any atom is 0.184 e. The first-order chi connectivity index (χ1) is 9.11. The highest BCUT2D eigenvalue weighted by Gasteiger charge is 2.10. The van der Waals surface area contributed by atoms with Gasteiger partial charge in [-0.2, -0.15) is 0 Å². The Morgan fingerprint density at radius 3 is 2.68 bits per heavy atom. The van der Waals surface area contributed by atoms with Gasteiger partial charge in [0.1, 0.15) is 5.75 Å². The molecule has 0 aliphatic heterocycles. The molecule has 0 aliphatic carbocycles. The molecule has 100 valence electrons. The largest absolute Gasteiger partial charge is 0.454 e. The molecular formula is C15H15ClFNO. The molecule has 0 amide bonds. The Labute approximate surface area is 117 Å². The average Bonchev–Trinajstić information content (AvgIpc) is 2.38. The van der Waals surface area contributed by atoms with E-state index in [1.807, 2.05) is 32.2 Å². The highest BCUT2D eigenvalue weighted by atomic mass is 35.5. The summed E-state index contributed by atoms with van der Waals surface area (Å²) < 4.78 is 19.3. The van der Waals surface area contributed by atoms with E-state index in [9.17, 15) is 4.39 Å². The quantitative estimate of drug-likeness (QED) is 0.901. The molecule has 4 heteroatoms. The van der Waals surface area contributed by atoms with Gasteiger partial charge in [-0.15, -0.1) is 0 Å². The van der Waals surface area contributed by atoms with Crippen molar-refractivity contribution < 1.29 is 9.13 Å². The Bertz CT molecular complexity index is 586. The Hall–Kier alpha value is -1.58. The lowest BCUT2D eigenvalue weighted by atomic mass is 10.1. The Kier molecular flexibility index (Phi) is 4.40. The normalized spacial score (nSPS) is 10.5. The van der Waals surface area contributed by atoms with Gasteiger partial charge in [0, 0.05) is 6.54 Å². The van der Waals surface area contributed by atoms with E-state index in [0.717, 1.165) is 17.7 Å². The number of benzene rings is 2. The Morgan fingerprint density at radius 2 is 2.00 bits per heavy atom. The molecule has 1 N–H and O–H groups in total. The Morgan fingerprint density at radius 1 is 1.21 bits per heavy atom. The van der Waals surface area contributed by atoms with E-state index in [1.165, 1.54) is 6.07 Å². The minimum atomic E-state index is -0.539. The molecule has 0 heterocycles. The van der Waals surface area contributed by atoms with Gasteiger partial charge in [0.15, 0.2) is 11.6 Å². The molecule has 0 saturated heterocycles. The molecule has 0 atom stereocenters. The predicted octanol–water partition coefficient (Wildman–Crippen LogP) is 4.30. The summed E-state index contributed by atoms with van der Waals surface area (Å²) in [7, 11) is 1.89. The van der Waals surface area contributed by atoms with Crippen LogP contribution in [0.15, 0.2) is 36.4 Å². The van der Waals surface area contributed by atoms with Gasteiger partial charge in [0.05, 0.1) is 5.02 Å². The number of nitrogens with one attached hydrogen (secondary N) is 1.